The van der Waals surface area contributed by atoms with Gasteiger partial charge in [0.2, 0.25) is 0 Å². The number of nitrogens with zero attached hydrogens (tertiary/aromatic N) is 4. The molecule has 1 fully saturated rings. The van der Waals surface area contributed by atoms with Crippen molar-refractivity contribution in [1.82, 2.24) is 24.7 Å². The van der Waals surface area contributed by atoms with Crippen molar-refractivity contribution < 1.29 is 9.53 Å². The van der Waals surface area contributed by atoms with Crippen LogP contribution in [0.15, 0.2) is 30.6 Å². The van der Waals surface area contributed by atoms with Gasteiger partial charge in [0, 0.05) is 10.9 Å². The van der Waals surface area contributed by atoms with E-state index in [0.29, 0.717) is 17.4 Å². The SMILES string of the molecule is COC(=O)c1ccc2cc(-c3nn(C4CC4)c4ncnc(N)c34)[nH]c2c1. The van der Waals surface area contributed by atoms with E-state index in [-0.39, 0.29) is 5.97 Å². The number of esters is 1. The van der Waals surface area contributed by atoms with Crippen LogP contribution >= 0.6 is 0 Å². The first kappa shape index (κ1) is 14.9. The first-order valence-electron chi connectivity index (χ1n) is 8.36. The van der Waals surface area contributed by atoms with E-state index in [4.69, 9.17) is 15.6 Å². The van der Waals surface area contributed by atoms with Crippen molar-refractivity contribution in [1.29, 1.82) is 0 Å². The normalized spacial score (nSPS) is 14.2. The fourth-order valence-corrected chi connectivity index (χ4v) is 3.26. The number of aromatic nitrogens is 5. The maximum Gasteiger partial charge on any atom is 0.337 e. The Hall–Kier alpha value is -3.42. The lowest BCUT2D eigenvalue weighted by Crippen LogP contribution is -2.00. The Balaban J connectivity index is 1.71. The number of nitrogen functional groups attached to an aromatic ring is 1. The number of methoxy groups -OCH3 is 1. The number of hydrogen-bond donors (Lipinski definition) is 2. The van der Waals surface area contributed by atoms with Crippen molar-refractivity contribution in [2.24, 2.45) is 0 Å². The van der Waals surface area contributed by atoms with Gasteiger partial charge in [0.1, 0.15) is 17.8 Å². The van der Waals surface area contributed by atoms with Gasteiger partial charge >= 0.3 is 5.97 Å². The summed E-state index contributed by atoms with van der Waals surface area (Å²) < 4.78 is 6.72. The molecule has 0 bridgehead atoms. The van der Waals surface area contributed by atoms with Crippen LogP contribution in [-0.4, -0.2) is 37.8 Å². The zero-order chi connectivity index (χ0) is 17.8. The Bertz CT molecular complexity index is 1170. The minimum Gasteiger partial charge on any atom is -0.465 e. The van der Waals surface area contributed by atoms with Gasteiger partial charge in [-0.25, -0.2) is 19.4 Å². The average Bonchev–Trinajstić information content (AvgIpc) is 3.28. The Morgan fingerprint density at radius 3 is 2.92 bits per heavy atom. The van der Waals surface area contributed by atoms with Crippen LogP contribution in [0.25, 0.3) is 33.3 Å². The van der Waals surface area contributed by atoms with Gasteiger partial charge in [-0.15, -0.1) is 0 Å². The molecule has 3 N–H and O–H groups in total. The maximum atomic E-state index is 11.8. The van der Waals surface area contributed by atoms with Gasteiger partial charge < -0.3 is 15.5 Å². The molecule has 3 heterocycles. The molecule has 8 nitrogen and oxygen atoms in total. The molecule has 3 aromatic heterocycles. The number of anilines is 1. The predicted octanol–water partition coefficient (Wildman–Crippen LogP) is 2.68. The van der Waals surface area contributed by atoms with E-state index >= 15 is 0 Å². The maximum absolute atomic E-state index is 11.8. The molecule has 1 saturated carbocycles. The summed E-state index contributed by atoms with van der Waals surface area (Å²) in [5, 5.41) is 6.48. The summed E-state index contributed by atoms with van der Waals surface area (Å²) in [5.41, 5.74) is 9.73. The lowest BCUT2D eigenvalue weighted by atomic mass is 10.1. The lowest BCUT2D eigenvalue weighted by molar-refractivity contribution is 0.0601. The third kappa shape index (κ3) is 2.15. The number of rotatable bonds is 3. The molecule has 0 radical (unpaired) electrons. The monoisotopic (exact) mass is 348 g/mol. The second kappa shape index (κ2) is 5.29. The highest BCUT2D eigenvalue weighted by atomic mass is 16.5. The third-order valence-corrected chi connectivity index (χ3v) is 4.71. The van der Waals surface area contributed by atoms with Crippen molar-refractivity contribution in [3.63, 3.8) is 0 Å². The Morgan fingerprint density at radius 1 is 1.31 bits per heavy atom. The van der Waals surface area contributed by atoms with E-state index in [1.807, 2.05) is 16.8 Å². The predicted molar refractivity (Wildman–Crippen MR) is 96.6 cm³/mol. The van der Waals surface area contributed by atoms with Crippen LogP contribution in [0.2, 0.25) is 0 Å². The minimum absolute atomic E-state index is 0.371. The standard InChI is InChI=1S/C18H16N6O2/c1-26-18(25)10-3-2-9-6-13(22-12(9)7-10)15-14-16(19)20-8-21-17(14)24(23-15)11-4-5-11/h2-3,6-8,11,22H,4-5H2,1H3,(H2,19,20,21). The molecule has 1 aliphatic carbocycles. The number of benzene rings is 1. The van der Waals surface area contributed by atoms with Crippen molar-refractivity contribution in [2.45, 2.75) is 18.9 Å². The molecule has 26 heavy (non-hydrogen) atoms. The number of carbonyl (C=O) groups is 1. The summed E-state index contributed by atoms with van der Waals surface area (Å²) >= 11 is 0. The van der Waals surface area contributed by atoms with Crippen LogP contribution in [0.1, 0.15) is 29.2 Å². The second-order valence-corrected chi connectivity index (χ2v) is 6.46. The molecular weight excluding hydrogens is 332 g/mol. The highest BCUT2D eigenvalue weighted by Crippen LogP contribution is 2.40. The third-order valence-electron chi connectivity index (χ3n) is 4.71. The summed E-state index contributed by atoms with van der Waals surface area (Å²) in [6.07, 6.45) is 3.65. The zero-order valence-corrected chi connectivity index (χ0v) is 14.1. The molecule has 0 amide bonds. The Kier molecular flexibility index (Phi) is 3.03. The molecule has 0 spiro atoms. The molecule has 0 aliphatic heterocycles. The molecule has 0 saturated heterocycles. The highest BCUT2D eigenvalue weighted by Gasteiger charge is 2.29. The van der Waals surface area contributed by atoms with E-state index in [1.165, 1.54) is 13.4 Å². The molecule has 1 aliphatic rings. The minimum atomic E-state index is -0.371. The highest BCUT2D eigenvalue weighted by molar-refractivity contribution is 6.01. The summed E-state index contributed by atoms with van der Waals surface area (Å²) in [5.74, 6) is 0.0370. The zero-order valence-electron chi connectivity index (χ0n) is 14.1. The molecule has 8 heteroatoms. The number of hydrogen-bond acceptors (Lipinski definition) is 6. The summed E-state index contributed by atoms with van der Waals surface area (Å²) in [6, 6.07) is 7.74. The van der Waals surface area contributed by atoms with Crippen molar-refractivity contribution in [3.8, 4) is 11.4 Å². The van der Waals surface area contributed by atoms with Gasteiger partial charge in [0.25, 0.3) is 0 Å². The van der Waals surface area contributed by atoms with Crippen LogP contribution in [-0.2, 0) is 4.74 Å². The number of ether oxygens (including phenoxy) is 1. The van der Waals surface area contributed by atoms with Crippen LogP contribution < -0.4 is 5.73 Å². The number of nitrogens with two attached hydrogens (primary N) is 1. The van der Waals surface area contributed by atoms with Crippen LogP contribution in [0.5, 0.6) is 0 Å². The smallest absolute Gasteiger partial charge is 0.337 e. The van der Waals surface area contributed by atoms with E-state index in [9.17, 15) is 4.79 Å². The molecule has 5 rings (SSSR count). The van der Waals surface area contributed by atoms with E-state index in [1.54, 1.807) is 12.1 Å². The number of aromatic amines is 1. The number of nitrogens with one attached hydrogen (secondary N) is 1. The molecule has 4 aromatic rings. The van der Waals surface area contributed by atoms with E-state index < -0.39 is 0 Å². The largest absolute Gasteiger partial charge is 0.465 e. The van der Waals surface area contributed by atoms with Gasteiger partial charge in [-0.3, -0.25) is 0 Å². The molecule has 0 atom stereocenters. The van der Waals surface area contributed by atoms with Gasteiger partial charge in [-0.1, -0.05) is 6.07 Å². The fourth-order valence-electron chi connectivity index (χ4n) is 3.26. The lowest BCUT2D eigenvalue weighted by Gasteiger charge is -1.98. The Labute approximate surface area is 148 Å². The molecule has 130 valence electrons. The van der Waals surface area contributed by atoms with Crippen LogP contribution in [0.3, 0.4) is 0 Å². The van der Waals surface area contributed by atoms with Gasteiger partial charge in [-0.05, 0) is 31.0 Å². The van der Waals surface area contributed by atoms with Crippen molar-refractivity contribution in [2.75, 3.05) is 12.8 Å². The molecule has 1 aromatic carbocycles. The summed E-state index contributed by atoms with van der Waals surface area (Å²) in [4.78, 5) is 23.6. The molecule has 0 unspecified atom stereocenters. The van der Waals surface area contributed by atoms with E-state index in [0.717, 1.165) is 46.2 Å². The van der Waals surface area contributed by atoms with Crippen molar-refractivity contribution >= 4 is 33.7 Å². The number of fused-ring (bicyclic) bond motifs is 2. The van der Waals surface area contributed by atoms with Gasteiger partial charge in [0.15, 0.2) is 5.65 Å². The van der Waals surface area contributed by atoms with Crippen LogP contribution in [0.4, 0.5) is 5.82 Å². The summed E-state index contributed by atoms with van der Waals surface area (Å²) in [7, 11) is 1.37. The number of carbonyl (C=O) groups excluding carboxylic acids is 1. The van der Waals surface area contributed by atoms with Gasteiger partial charge in [0.05, 0.1) is 29.8 Å². The Morgan fingerprint density at radius 2 is 2.15 bits per heavy atom. The van der Waals surface area contributed by atoms with E-state index in [2.05, 4.69) is 15.0 Å². The summed E-state index contributed by atoms with van der Waals surface area (Å²) in [6.45, 7) is 0. The topological polar surface area (TPSA) is 112 Å². The van der Waals surface area contributed by atoms with Gasteiger partial charge in [-0.2, -0.15) is 5.10 Å². The van der Waals surface area contributed by atoms with Crippen molar-refractivity contribution in [3.05, 3.63) is 36.2 Å². The van der Waals surface area contributed by atoms with Crippen LogP contribution in [0, 0.1) is 0 Å². The quantitative estimate of drug-likeness (QED) is 0.551. The number of H-pyrrole nitrogens is 1. The second-order valence-electron chi connectivity index (χ2n) is 6.46. The fraction of sp³-hybridized carbons (Fsp3) is 0.222. The first-order chi connectivity index (χ1) is 12.7. The average molecular weight is 348 g/mol. The first-order valence-corrected chi connectivity index (χ1v) is 8.36. The molecular formula is C18H16N6O2.